The molecule has 0 unspecified atom stereocenters. The fourth-order valence-electron chi connectivity index (χ4n) is 8.90. The number of hydrogen-bond donors (Lipinski definition) is 5. The Morgan fingerprint density at radius 1 is 0.792 bits per heavy atom. The fourth-order valence-corrected chi connectivity index (χ4v) is 8.90. The van der Waals surface area contributed by atoms with Crippen molar-refractivity contribution in [3.05, 3.63) is 88.5 Å². The van der Waals surface area contributed by atoms with Crippen molar-refractivity contribution < 1.29 is 33.1 Å². The van der Waals surface area contributed by atoms with Crippen molar-refractivity contribution in [2.75, 3.05) is 134 Å². The molecule has 3 aromatic heterocycles. The number of benzene rings is 2. The molecule has 7 N–H and O–H groups in total. The Balaban J connectivity index is 0.686. The summed E-state index contributed by atoms with van der Waals surface area (Å²) in [6.07, 6.45) is 5.77. The third-order valence-corrected chi connectivity index (χ3v) is 13.0. The molecule has 0 saturated carbocycles. The molecule has 4 amide bonds. The van der Waals surface area contributed by atoms with Gasteiger partial charge >= 0.3 is 0 Å². The lowest BCUT2D eigenvalue weighted by atomic mass is 9.97. The van der Waals surface area contributed by atoms with Gasteiger partial charge in [-0.15, -0.1) is 0 Å². The Labute approximate surface area is 417 Å². The van der Waals surface area contributed by atoms with E-state index in [-0.39, 0.29) is 60.9 Å². The number of likely N-dealkylation sites (N-methyl/N-ethyl adjacent to an activating group) is 1. The average Bonchev–Trinajstić information content (AvgIpc) is 3.78. The molecule has 23 nitrogen and oxygen atoms in total. The molecule has 5 aromatic rings. The number of nitrogen functional groups attached to an aromatic ring is 2. The van der Waals surface area contributed by atoms with Crippen LogP contribution in [-0.2, 0) is 54.7 Å². The topological polar surface area (TPSA) is 284 Å². The average molecular weight is 989 g/mol. The van der Waals surface area contributed by atoms with Gasteiger partial charge in [-0.2, -0.15) is 4.98 Å². The van der Waals surface area contributed by atoms with E-state index in [2.05, 4.69) is 46.5 Å². The van der Waals surface area contributed by atoms with Crippen molar-refractivity contribution in [3.8, 4) is 0 Å². The molecular weight excluding hydrogens is 925 g/mol. The van der Waals surface area contributed by atoms with E-state index < -0.39 is 0 Å². The van der Waals surface area contributed by atoms with Crippen LogP contribution >= 0.6 is 0 Å². The second-order valence-electron chi connectivity index (χ2n) is 18.0. The third-order valence-electron chi connectivity index (χ3n) is 13.0. The number of amides is 4. The molecule has 8 rings (SSSR count). The van der Waals surface area contributed by atoms with Crippen LogP contribution in [0.4, 0.5) is 23.6 Å². The van der Waals surface area contributed by atoms with Crippen molar-refractivity contribution in [1.29, 1.82) is 5.41 Å². The Kier molecular flexibility index (Phi) is 17.1. The molecule has 6 heterocycles. The Morgan fingerprint density at radius 2 is 1.53 bits per heavy atom. The Bertz CT molecular complexity index is 2700. The number of carbonyl (C=O) groups is 4. The smallest absolute Gasteiger partial charge is 0.292 e. The van der Waals surface area contributed by atoms with E-state index in [9.17, 15) is 19.2 Å². The number of fused-ring (bicyclic) bond motifs is 2. The van der Waals surface area contributed by atoms with Crippen LogP contribution < -0.4 is 27.0 Å². The quantitative estimate of drug-likeness (QED) is 0.0506. The number of nitrogens with two attached hydrogens (primary N) is 2. The van der Waals surface area contributed by atoms with Crippen LogP contribution in [0.1, 0.15) is 46.7 Å². The van der Waals surface area contributed by atoms with Crippen molar-refractivity contribution in [1.82, 2.24) is 54.7 Å². The van der Waals surface area contributed by atoms with Gasteiger partial charge in [0.1, 0.15) is 30.1 Å². The molecule has 3 aliphatic heterocycles. The largest absolute Gasteiger partial charge is 0.424 e. The summed E-state index contributed by atoms with van der Waals surface area (Å²) < 4.78 is 16.3. The summed E-state index contributed by atoms with van der Waals surface area (Å²) >= 11 is 0. The molecule has 2 saturated heterocycles. The maximum absolute atomic E-state index is 13.4. The standard InChI is InChI=1S/C49H64N16O7/c1-3-70-31-40(66)53-25-34-26-55-49(56-27-34)64-17-15-62(16-18-64)41(67)9-20-71-21-19-61-11-13-63(14-12-61)42(68)29-60(2)30-43(69)65-10-8-35-22-33(4-5-37(35)28-65)24-54-47-44(46(51)57-32-58-47)45(50)36-6-7-39-38(23-36)59-48(52)72-39/h4-7,22-23,26-27,32,50H,3,8-21,24-25,28-31H2,1-2H3,(H2,52,59)(H,53,66)(H3,51,54,57,58). The minimum atomic E-state index is -0.189. The molecule has 0 bridgehead atoms. The highest BCUT2D eigenvalue weighted by Gasteiger charge is 2.27. The maximum Gasteiger partial charge on any atom is 0.292 e. The Morgan fingerprint density at radius 3 is 2.29 bits per heavy atom. The van der Waals surface area contributed by atoms with Crippen LogP contribution in [0.15, 0.2) is 59.5 Å². The summed E-state index contributed by atoms with van der Waals surface area (Å²) in [6.45, 7) is 11.1. The number of ether oxygens (including phenoxy) is 2. The molecule has 0 aliphatic carbocycles. The first-order valence-corrected chi connectivity index (χ1v) is 24.3. The number of oxazole rings is 1. The number of hydrogen-bond acceptors (Lipinski definition) is 19. The van der Waals surface area contributed by atoms with Crippen LogP contribution in [-0.4, -0.2) is 191 Å². The SMILES string of the molecule is CCOCC(=O)NCc1cnc(N2CCN(C(=O)CCOCCN3CCN(C(=O)CN(C)CC(=O)N4CCc5cc(CNc6ncnc(N)c6C(=N)c6ccc7oc(N)nc7c6)ccc5C4)CC3)CC2)nc1. The summed E-state index contributed by atoms with van der Waals surface area (Å²) in [5.41, 5.74) is 18.1. The number of carbonyl (C=O) groups excluding carboxylic acids is 4. The molecule has 2 fully saturated rings. The first-order valence-electron chi connectivity index (χ1n) is 24.3. The summed E-state index contributed by atoms with van der Waals surface area (Å²) in [7, 11) is 1.81. The molecule has 3 aliphatic rings. The monoisotopic (exact) mass is 989 g/mol. The fraction of sp³-hybridized carbons (Fsp3) is 0.469. The molecule has 0 spiro atoms. The van der Waals surface area contributed by atoms with E-state index in [1.807, 2.05) is 45.7 Å². The van der Waals surface area contributed by atoms with Crippen LogP contribution in [0.2, 0.25) is 0 Å². The predicted octanol–water partition coefficient (Wildman–Crippen LogP) is 0.969. The summed E-state index contributed by atoms with van der Waals surface area (Å²) in [6, 6.07) is 11.4. The van der Waals surface area contributed by atoms with Crippen LogP contribution in [0.3, 0.4) is 0 Å². The molecule has 0 radical (unpaired) electrons. The molecule has 382 valence electrons. The minimum absolute atomic E-state index is 0.000533. The predicted molar refractivity (Wildman–Crippen MR) is 269 cm³/mol. The van der Waals surface area contributed by atoms with Gasteiger partial charge in [-0.05, 0) is 55.3 Å². The molecular formula is C49H64N16O7. The number of aromatic nitrogens is 5. The Hall–Kier alpha value is -7.34. The van der Waals surface area contributed by atoms with Gasteiger partial charge in [-0.1, -0.05) is 18.2 Å². The minimum Gasteiger partial charge on any atom is -0.424 e. The van der Waals surface area contributed by atoms with Gasteiger partial charge in [0, 0.05) is 115 Å². The van der Waals surface area contributed by atoms with Gasteiger partial charge < -0.3 is 55.6 Å². The lowest BCUT2D eigenvalue weighted by molar-refractivity contribution is -0.136. The van der Waals surface area contributed by atoms with Crippen molar-refractivity contribution in [3.63, 3.8) is 0 Å². The highest BCUT2D eigenvalue weighted by molar-refractivity contribution is 6.17. The van der Waals surface area contributed by atoms with E-state index >= 15 is 0 Å². The van der Waals surface area contributed by atoms with Crippen LogP contribution in [0.5, 0.6) is 0 Å². The molecule has 72 heavy (non-hydrogen) atoms. The third kappa shape index (κ3) is 13.3. The second-order valence-corrected chi connectivity index (χ2v) is 18.0. The van der Waals surface area contributed by atoms with Gasteiger partial charge in [0.15, 0.2) is 5.58 Å². The van der Waals surface area contributed by atoms with E-state index in [0.29, 0.717) is 139 Å². The zero-order valence-corrected chi connectivity index (χ0v) is 41.0. The van der Waals surface area contributed by atoms with E-state index in [4.69, 9.17) is 30.8 Å². The van der Waals surface area contributed by atoms with E-state index in [1.54, 1.807) is 35.5 Å². The zero-order valence-electron chi connectivity index (χ0n) is 41.0. The highest BCUT2D eigenvalue weighted by Crippen LogP contribution is 2.26. The number of rotatable bonds is 21. The van der Waals surface area contributed by atoms with Gasteiger partial charge in [-0.25, -0.2) is 19.9 Å². The van der Waals surface area contributed by atoms with Crippen LogP contribution in [0.25, 0.3) is 11.1 Å². The van der Waals surface area contributed by atoms with Crippen molar-refractivity contribution in [2.45, 2.75) is 39.4 Å². The second kappa shape index (κ2) is 24.2. The van der Waals surface area contributed by atoms with E-state index in [1.165, 1.54) is 6.33 Å². The summed E-state index contributed by atoms with van der Waals surface area (Å²) in [5, 5.41) is 15.1. The highest BCUT2D eigenvalue weighted by atomic mass is 16.5. The number of anilines is 4. The molecule has 23 heteroatoms. The van der Waals surface area contributed by atoms with Gasteiger partial charge in [0.2, 0.25) is 29.6 Å². The van der Waals surface area contributed by atoms with E-state index in [0.717, 1.165) is 35.3 Å². The van der Waals surface area contributed by atoms with Gasteiger partial charge in [-0.3, -0.25) is 34.4 Å². The maximum atomic E-state index is 13.4. The van der Waals surface area contributed by atoms with Gasteiger partial charge in [0.05, 0.1) is 44.0 Å². The van der Waals surface area contributed by atoms with Crippen molar-refractivity contribution in [2.24, 2.45) is 0 Å². The number of nitrogens with zero attached hydrogens (tertiary/aromatic N) is 11. The lowest BCUT2D eigenvalue weighted by Gasteiger charge is -2.35. The number of nitrogens with one attached hydrogen (secondary N) is 3. The first-order chi connectivity index (χ1) is 34.9. The molecule has 0 atom stereocenters. The zero-order chi connectivity index (χ0) is 50.6. The van der Waals surface area contributed by atoms with Gasteiger partial charge in [0.25, 0.3) is 6.01 Å². The summed E-state index contributed by atoms with van der Waals surface area (Å²) in [5.74, 6) is 1.04. The lowest BCUT2D eigenvalue weighted by Crippen LogP contribution is -2.52. The summed E-state index contributed by atoms with van der Waals surface area (Å²) in [4.78, 5) is 84.7. The number of piperazine rings is 2. The molecule has 2 aromatic carbocycles. The normalized spacial score (nSPS) is 15.2. The first kappa shape index (κ1) is 51.0. The van der Waals surface area contributed by atoms with Crippen LogP contribution in [0, 0.1) is 5.41 Å². The van der Waals surface area contributed by atoms with Crippen molar-refractivity contribution >= 4 is 64.0 Å².